The van der Waals surface area contributed by atoms with Crippen molar-refractivity contribution in [2.24, 2.45) is 7.05 Å². The van der Waals surface area contributed by atoms with Crippen LogP contribution in [0.15, 0.2) is 54.7 Å². The Morgan fingerprint density at radius 2 is 1.81 bits per heavy atom. The summed E-state index contributed by atoms with van der Waals surface area (Å²) >= 11 is 1.90. The molecular formula is C29H29N5OS. The number of benzene rings is 2. The first-order valence-electron chi connectivity index (χ1n) is 12.6. The minimum absolute atomic E-state index is 0.299. The molecule has 1 saturated heterocycles. The molecule has 36 heavy (non-hydrogen) atoms. The fraction of sp³-hybridized carbons (Fsp3) is 0.310. The van der Waals surface area contributed by atoms with Gasteiger partial charge in [0, 0.05) is 64.9 Å². The summed E-state index contributed by atoms with van der Waals surface area (Å²) in [6.45, 7) is 7.29. The highest BCUT2D eigenvalue weighted by atomic mass is 32.1. The van der Waals surface area contributed by atoms with Crippen molar-refractivity contribution in [1.82, 2.24) is 24.9 Å². The molecule has 1 aliphatic carbocycles. The van der Waals surface area contributed by atoms with Gasteiger partial charge in [0.05, 0.1) is 35.3 Å². The number of rotatable bonds is 4. The van der Waals surface area contributed by atoms with Gasteiger partial charge >= 0.3 is 0 Å². The lowest BCUT2D eigenvalue weighted by Gasteiger charge is -2.35. The van der Waals surface area contributed by atoms with Crippen molar-refractivity contribution in [2.75, 3.05) is 13.1 Å². The van der Waals surface area contributed by atoms with E-state index in [0.29, 0.717) is 12.2 Å². The van der Waals surface area contributed by atoms with Gasteiger partial charge in [-0.25, -0.2) is 0 Å². The van der Waals surface area contributed by atoms with Crippen LogP contribution in [0.3, 0.4) is 0 Å². The topological polar surface area (TPSA) is 59.0 Å². The lowest BCUT2D eigenvalue weighted by Crippen LogP contribution is -2.44. The molecule has 0 radical (unpaired) electrons. The first-order valence-corrected chi connectivity index (χ1v) is 13.4. The first kappa shape index (κ1) is 22.0. The molecule has 4 heterocycles. The van der Waals surface area contributed by atoms with E-state index in [1.54, 1.807) is 0 Å². The van der Waals surface area contributed by atoms with Crippen molar-refractivity contribution in [3.63, 3.8) is 0 Å². The van der Waals surface area contributed by atoms with Crippen LogP contribution >= 0.6 is 11.3 Å². The number of aromatic nitrogens is 4. The van der Waals surface area contributed by atoms with Gasteiger partial charge in [0.25, 0.3) is 0 Å². The molecule has 7 heteroatoms. The smallest absolute Gasteiger partial charge is 0.0963 e. The minimum atomic E-state index is 0.299. The van der Waals surface area contributed by atoms with Crippen molar-refractivity contribution >= 4 is 22.2 Å². The number of aromatic amines is 1. The third-order valence-corrected chi connectivity index (χ3v) is 8.63. The summed E-state index contributed by atoms with van der Waals surface area (Å²) < 4.78 is 7.80. The number of nitrogens with zero attached hydrogens (tertiary/aromatic N) is 4. The molecule has 0 amide bonds. The van der Waals surface area contributed by atoms with E-state index in [-0.39, 0.29) is 0 Å². The fourth-order valence-electron chi connectivity index (χ4n) is 5.81. The van der Waals surface area contributed by atoms with Crippen molar-refractivity contribution in [3.05, 3.63) is 70.7 Å². The maximum Gasteiger partial charge on any atom is 0.0963 e. The van der Waals surface area contributed by atoms with Crippen molar-refractivity contribution in [1.29, 1.82) is 0 Å². The van der Waals surface area contributed by atoms with Gasteiger partial charge in [-0.1, -0.05) is 36.4 Å². The van der Waals surface area contributed by atoms with Crippen LogP contribution < -0.4 is 0 Å². The molecule has 7 rings (SSSR count). The Kier molecular flexibility index (Phi) is 5.13. The van der Waals surface area contributed by atoms with Crippen LogP contribution in [0.5, 0.6) is 0 Å². The molecule has 0 saturated carbocycles. The highest BCUT2D eigenvalue weighted by Crippen LogP contribution is 2.46. The highest BCUT2D eigenvalue weighted by Gasteiger charge is 2.28. The summed E-state index contributed by atoms with van der Waals surface area (Å²) in [4.78, 5) is 5.23. The van der Waals surface area contributed by atoms with E-state index in [1.807, 2.05) is 29.3 Å². The summed E-state index contributed by atoms with van der Waals surface area (Å²) in [7, 11) is 1.98. The standard InChI is InChI=1S/C29H29N5OS/c1-17-14-34(15-18(2)35-17)16-19-4-6-20(7-5-19)26-11-23-27(36-26)12-24-28(31-32-29(23)24)21-8-9-22-13-30-33(3)25(22)10-21/h4-11,13,17-18H,12,14-16H2,1-3H3,(H,31,32)/t17-,18+. The van der Waals surface area contributed by atoms with E-state index in [2.05, 4.69) is 77.5 Å². The molecular weight excluding hydrogens is 466 g/mol. The number of thiophene rings is 1. The summed E-state index contributed by atoms with van der Waals surface area (Å²) in [6.07, 6.45) is 3.43. The van der Waals surface area contributed by atoms with Gasteiger partial charge in [-0.05, 0) is 37.1 Å². The largest absolute Gasteiger partial charge is 0.373 e. The summed E-state index contributed by atoms with van der Waals surface area (Å²) in [5, 5.41) is 13.6. The zero-order chi connectivity index (χ0) is 24.4. The molecule has 0 spiro atoms. The maximum atomic E-state index is 5.88. The monoisotopic (exact) mass is 495 g/mol. The number of hydrogen-bond donors (Lipinski definition) is 1. The average Bonchev–Trinajstić information content (AvgIpc) is 3.60. The second-order valence-corrected chi connectivity index (χ2v) is 11.4. The molecule has 0 unspecified atom stereocenters. The Balaban J connectivity index is 1.12. The lowest BCUT2D eigenvalue weighted by molar-refractivity contribution is -0.0704. The van der Waals surface area contributed by atoms with E-state index in [1.165, 1.54) is 37.7 Å². The van der Waals surface area contributed by atoms with Gasteiger partial charge in [0.1, 0.15) is 0 Å². The minimum Gasteiger partial charge on any atom is -0.373 e. The molecule has 1 N–H and O–H groups in total. The van der Waals surface area contributed by atoms with E-state index >= 15 is 0 Å². The number of morpholine rings is 1. The Hall–Kier alpha value is -3.26. The summed E-state index contributed by atoms with van der Waals surface area (Å²) in [5.74, 6) is 0. The highest BCUT2D eigenvalue weighted by molar-refractivity contribution is 7.16. The predicted octanol–water partition coefficient (Wildman–Crippen LogP) is 5.87. The number of ether oxygens (including phenoxy) is 1. The second-order valence-electron chi connectivity index (χ2n) is 10.2. The number of nitrogens with one attached hydrogen (secondary N) is 1. The molecule has 2 aliphatic rings. The average molecular weight is 496 g/mol. The molecule has 2 aromatic carbocycles. The Labute approximate surface area is 214 Å². The molecule has 0 bridgehead atoms. The third-order valence-electron chi connectivity index (χ3n) is 7.45. The Morgan fingerprint density at radius 3 is 2.61 bits per heavy atom. The summed E-state index contributed by atoms with van der Waals surface area (Å²) in [6, 6.07) is 17.9. The SMILES string of the molecule is C[C@@H]1CN(Cc2ccc(-c3cc4c(s3)Cc3c(-c5ccc6cnn(C)c6c5)n[nH]c3-4)cc2)C[C@H](C)O1. The van der Waals surface area contributed by atoms with Crippen LogP contribution in [0.2, 0.25) is 0 Å². The van der Waals surface area contributed by atoms with Crippen LogP contribution in [0.25, 0.3) is 43.9 Å². The van der Waals surface area contributed by atoms with Gasteiger partial charge in [-0.2, -0.15) is 10.2 Å². The van der Waals surface area contributed by atoms with Gasteiger partial charge in [-0.3, -0.25) is 14.7 Å². The number of aryl methyl sites for hydroxylation is 1. The summed E-state index contributed by atoms with van der Waals surface area (Å²) in [5.41, 5.74) is 9.71. The molecule has 5 aromatic rings. The van der Waals surface area contributed by atoms with Crippen LogP contribution in [0.1, 0.15) is 29.9 Å². The van der Waals surface area contributed by atoms with Gasteiger partial charge in [0.15, 0.2) is 0 Å². The van der Waals surface area contributed by atoms with Crippen molar-refractivity contribution in [2.45, 2.75) is 39.0 Å². The van der Waals surface area contributed by atoms with Crippen molar-refractivity contribution < 1.29 is 4.74 Å². The lowest BCUT2D eigenvalue weighted by atomic mass is 10.0. The molecule has 6 nitrogen and oxygen atoms in total. The van der Waals surface area contributed by atoms with Gasteiger partial charge < -0.3 is 4.74 Å². The van der Waals surface area contributed by atoms with E-state index < -0.39 is 0 Å². The van der Waals surface area contributed by atoms with Crippen LogP contribution in [-0.2, 0) is 24.8 Å². The molecule has 2 atom stereocenters. The molecule has 1 aliphatic heterocycles. The van der Waals surface area contributed by atoms with Crippen molar-refractivity contribution in [3.8, 4) is 33.0 Å². The molecule has 3 aromatic heterocycles. The van der Waals surface area contributed by atoms with E-state index in [4.69, 9.17) is 9.84 Å². The quantitative estimate of drug-likeness (QED) is 0.332. The predicted molar refractivity (Wildman–Crippen MR) is 145 cm³/mol. The third kappa shape index (κ3) is 3.70. The normalized spacial score (nSPS) is 19.6. The van der Waals surface area contributed by atoms with E-state index in [9.17, 15) is 0 Å². The first-order chi connectivity index (χ1) is 17.5. The number of H-pyrrole nitrogens is 1. The fourth-order valence-corrected chi connectivity index (χ4v) is 6.99. The van der Waals surface area contributed by atoms with Gasteiger partial charge in [-0.15, -0.1) is 11.3 Å². The Bertz CT molecular complexity index is 1570. The second kappa shape index (κ2) is 8.40. The van der Waals surface area contributed by atoms with E-state index in [0.717, 1.165) is 48.2 Å². The zero-order valence-electron chi connectivity index (χ0n) is 20.8. The molecule has 1 fully saturated rings. The number of fused-ring (bicyclic) bond motifs is 4. The van der Waals surface area contributed by atoms with Crippen LogP contribution in [0.4, 0.5) is 0 Å². The Morgan fingerprint density at radius 1 is 1.03 bits per heavy atom. The van der Waals surface area contributed by atoms with Gasteiger partial charge in [0.2, 0.25) is 0 Å². The molecule has 182 valence electrons. The van der Waals surface area contributed by atoms with Crippen LogP contribution in [0, 0.1) is 0 Å². The van der Waals surface area contributed by atoms with Crippen LogP contribution in [-0.4, -0.2) is 50.2 Å². The number of hydrogen-bond acceptors (Lipinski definition) is 5. The zero-order valence-corrected chi connectivity index (χ0v) is 21.6. The maximum absolute atomic E-state index is 5.88.